The van der Waals surface area contributed by atoms with E-state index in [1.165, 1.54) is 28.4 Å². The summed E-state index contributed by atoms with van der Waals surface area (Å²) in [7, 11) is 5.11. The molecule has 0 atom stereocenters. The van der Waals surface area contributed by atoms with Gasteiger partial charge in [-0.1, -0.05) is 0 Å². The minimum atomic E-state index is -0.398. The highest BCUT2D eigenvalue weighted by molar-refractivity contribution is 5.77. The molecule has 0 aromatic carbocycles. The van der Waals surface area contributed by atoms with Gasteiger partial charge in [-0.2, -0.15) is 0 Å². The minimum Gasteiger partial charge on any atom is -0.469 e. The number of ether oxygens (including phenoxy) is 4. The van der Waals surface area contributed by atoms with Gasteiger partial charge in [0.25, 0.3) is 0 Å². The van der Waals surface area contributed by atoms with E-state index in [9.17, 15) is 19.2 Å². The Morgan fingerprint density at radius 1 is 0.545 bits per heavy atom. The molecule has 0 spiro atoms. The highest BCUT2D eigenvalue weighted by Crippen LogP contribution is 1.93. The predicted molar refractivity (Wildman–Crippen MR) is 73.7 cm³/mol. The van der Waals surface area contributed by atoms with Crippen molar-refractivity contribution in [1.29, 1.82) is 0 Å². The lowest BCUT2D eigenvalue weighted by Gasteiger charge is -1.96. The summed E-state index contributed by atoms with van der Waals surface area (Å²) in [5, 5.41) is 0. The number of esters is 4. The molecule has 9 nitrogen and oxygen atoms in total. The molecule has 0 saturated heterocycles. The van der Waals surface area contributed by atoms with Crippen LogP contribution < -0.4 is 0 Å². The Morgan fingerprint density at radius 3 is 0.773 bits per heavy atom. The highest BCUT2D eigenvalue weighted by atomic mass is 16.5. The third-order valence-electron chi connectivity index (χ3n) is 1.98. The third-order valence-corrected chi connectivity index (χ3v) is 1.98. The SMILES string of the molecule is C=O.COC(=O)CCC(=O)OC.COC(=O)CCC(=O)OC. The average molecular weight is 322 g/mol. The summed E-state index contributed by atoms with van der Waals surface area (Å²) in [5.74, 6) is -1.59. The molecule has 0 bridgehead atoms. The van der Waals surface area contributed by atoms with Gasteiger partial charge in [-0.3, -0.25) is 19.2 Å². The number of carbonyl (C=O) groups excluding carboxylic acids is 5. The lowest BCUT2D eigenvalue weighted by molar-refractivity contribution is -0.147. The average Bonchev–Trinajstić information content (AvgIpc) is 2.58. The van der Waals surface area contributed by atoms with Crippen molar-refractivity contribution < 1.29 is 42.9 Å². The van der Waals surface area contributed by atoms with Crippen LogP contribution in [0.15, 0.2) is 0 Å². The van der Waals surface area contributed by atoms with E-state index in [4.69, 9.17) is 4.79 Å². The first kappa shape index (κ1) is 24.6. The van der Waals surface area contributed by atoms with Gasteiger partial charge in [-0.25, -0.2) is 0 Å². The summed E-state index contributed by atoms with van der Waals surface area (Å²) in [5.41, 5.74) is 0. The second kappa shape index (κ2) is 18.6. The molecule has 0 heterocycles. The monoisotopic (exact) mass is 322 g/mol. The predicted octanol–water partition coefficient (Wildman–Crippen LogP) is 0.0403. The molecule has 0 aromatic heterocycles. The minimum absolute atomic E-state index is 0.0865. The summed E-state index contributed by atoms with van der Waals surface area (Å²) >= 11 is 0. The molecule has 22 heavy (non-hydrogen) atoms. The van der Waals surface area contributed by atoms with Gasteiger partial charge in [0.2, 0.25) is 0 Å². The molecule has 0 amide bonds. The normalized spacial score (nSPS) is 8.00. The molecule has 9 heteroatoms. The topological polar surface area (TPSA) is 122 Å². The standard InChI is InChI=1S/2C6H10O4.CH2O/c2*1-9-5(7)3-4-6(8)10-2;1-2/h2*3-4H2,1-2H3;1H2. The van der Waals surface area contributed by atoms with E-state index in [0.717, 1.165) is 0 Å². The van der Waals surface area contributed by atoms with Crippen molar-refractivity contribution in [2.75, 3.05) is 28.4 Å². The summed E-state index contributed by atoms with van der Waals surface area (Å²) < 4.78 is 17.2. The maximum absolute atomic E-state index is 10.4. The van der Waals surface area contributed by atoms with Gasteiger partial charge >= 0.3 is 23.9 Å². The summed E-state index contributed by atoms with van der Waals surface area (Å²) in [6.07, 6.45) is 0.346. The maximum Gasteiger partial charge on any atom is 0.306 e. The van der Waals surface area contributed by atoms with E-state index < -0.39 is 23.9 Å². The van der Waals surface area contributed by atoms with Gasteiger partial charge in [0.15, 0.2) is 0 Å². The largest absolute Gasteiger partial charge is 0.469 e. The second-order valence-corrected chi connectivity index (χ2v) is 3.30. The van der Waals surface area contributed by atoms with Crippen LogP contribution in [0.4, 0.5) is 0 Å². The third kappa shape index (κ3) is 19.9. The molecule has 0 fully saturated rings. The number of methoxy groups -OCH3 is 4. The van der Waals surface area contributed by atoms with Gasteiger partial charge in [0.05, 0.1) is 54.1 Å². The summed E-state index contributed by atoms with van der Waals surface area (Å²) in [6, 6.07) is 0. The molecule has 0 rings (SSSR count). The summed E-state index contributed by atoms with van der Waals surface area (Å²) in [6.45, 7) is 2.00. The Morgan fingerprint density at radius 2 is 0.682 bits per heavy atom. The molecule has 0 saturated carbocycles. The molecule has 0 aliphatic rings. The number of hydrogen-bond donors (Lipinski definition) is 0. The maximum atomic E-state index is 10.4. The highest BCUT2D eigenvalue weighted by Gasteiger charge is 2.05. The Hall–Kier alpha value is -2.45. The van der Waals surface area contributed by atoms with Crippen LogP contribution in [0.1, 0.15) is 25.7 Å². The molecular weight excluding hydrogens is 300 g/mol. The smallest absolute Gasteiger partial charge is 0.306 e. The fourth-order valence-corrected chi connectivity index (χ4v) is 0.816. The van der Waals surface area contributed by atoms with E-state index in [2.05, 4.69) is 18.9 Å². The van der Waals surface area contributed by atoms with Gasteiger partial charge in [-0.05, 0) is 0 Å². The number of hydrogen-bond acceptors (Lipinski definition) is 9. The zero-order valence-corrected chi connectivity index (χ0v) is 13.2. The molecule has 0 aromatic rings. The lowest BCUT2D eigenvalue weighted by atomic mass is 10.3. The van der Waals surface area contributed by atoms with Crippen molar-refractivity contribution in [2.24, 2.45) is 0 Å². The van der Waals surface area contributed by atoms with Crippen LogP contribution in [0.3, 0.4) is 0 Å². The molecular formula is C13H22O9. The Labute approximate surface area is 128 Å². The van der Waals surface area contributed by atoms with Crippen molar-refractivity contribution in [3.63, 3.8) is 0 Å². The van der Waals surface area contributed by atoms with Crippen LogP contribution in [0, 0.1) is 0 Å². The van der Waals surface area contributed by atoms with E-state index >= 15 is 0 Å². The zero-order valence-electron chi connectivity index (χ0n) is 13.2. The fourth-order valence-electron chi connectivity index (χ4n) is 0.816. The van der Waals surface area contributed by atoms with Gasteiger partial charge < -0.3 is 23.7 Å². The van der Waals surface area contributed by atoms with Gasteiger partial charge in [0, 0.05) is 0 Å². The van der Waals surface area contributed by atoms with E-state index in [1.807, 2.05) is 6.79 Å². The molecule has 128 valence electrons. The van der Waals surface area contributed by atoms with Crippen LogP contribution in [-0.4, -0.2) is 59.1 Å². The van der Waals surface area contributed by atoms with Crippen LogP contribution in [0.25, 0.3) is 0 Å². The quantitative estimate of drug-likeness (QED) is 0.492. The fraction of sp³-hybridized carbons (Fsp3) is 0.615. The summed E-state index contributed by atoms with van der Waals surface area (Å²) in [4.78, 5) is 49.6. The first-order valence-electron chi connectivity index (χ1n) is 5.97. The van der Waals surface area contributed by atoms with E-state index in [1.54, 1.807) is 0 Å². The Bertz CT molecular complexity index is 274. The van der Waals surface area contributed by atoms with Crippen molar-refractivity contribution in [1.82, 2.24) is 0 Å². The van der Waals surface area contributed by atoms with E-state index in [-0.39, 0.29) is 25.7 Å². The molecule has 0 aliphatic carbocycles. The van der Waals surface area contributed by atoms with Gasteiger partial charge in [-0.15, -0.1) is 0 Å². The van der Waals surface area contributed by atoms with Crippen molar-refractivity contribution in [3.05, 3.63) is 0 Å². The van der Waals surface area contributed by atoms with Gasteiger partial charge in [0.1, 0.15) is 6.79 Å². The van der Waals surface area contributed by atoms with Crippen LogP contribution >= 0.6 is 0 Å². The van der Waals surface area contributed by atoms with Crippen molar-refractivity contribution in [2.45, 2.75) is 25.7 Å². The number of rotatable bonds is 6. The molecule has 0 radical (unpaired) electrons. The first-order valence-corrected chi connectivity index (χ1v) is 5.97. The van der Waals surface area contributed by atoms with Crippen molar-refractivity contribution >= 4 is 30.7 Å². The zero-order chi connectivity index (χ0) is 18.0. The Balaban J connectivity index is -0.000000294. The Kier molecular flexibility index (Phi) is 20.7. The number of carbonyl (C=O) groups is 5. The molecule has 0 unspecified atom stereocenters. The van der Waals surface area contributed by atoms with Crippen LogP contribution in [0.5, 0.6) is 0 Å². The second-order valence-electron chi connectivity index (χ2n) is 3.30. The van der Waals surface area contributed by atoms with Crippen LogP contribution in [0.2, 0.25) is 0 Å². The van der Waals surface area contributed by atoms with E-state index in [0.29, 0.717) is 0 Å². The lowest BCUT2D eigenvalue weighted by Crippen LogP contribution is -2.06. The van der Waals surface area contributed by atoms with Crippen LogP contribution in [-0.2, 0) is 42.9 Å². The molecule has 0 N–H and O–H groups in total. The molecule has 0 aliphatic heterocycles. The van der Waals surface area contributed by atoms with Crippen molar-refractivity contribution in [3.8, 4) is 0 Å². The first-order chi connectivity index (χ1) is 10.4.